The van der Waals surface area contributed by atoms with Gasteiger partial charge >= 0.3 is 0 Å². The van der Waals surface area contributed by atoms with Crippen molar-refractivity contribution in [2.75, 3.05) is 6.26 Å². The van der Waals surface area contributed by atoms with E-state index in [1.54, 1.807) is 6.07 Å². The van der Waals surface area contributed by atoms with Crippen LogP contribution in [0.3, 0.4) is 0 Å². The van der Waals surface area contributed by atoms with Gasteiger partial charge in [-0.2, -0.15) is 0 Å². The average molecular weight is 252 g/mol. The first-order chi connectivity index (χ1) is 7.97. The number of rotatable bonds is 2. The van der Waals surface area contributed by atoms with Crippen molar-refractivity contribution in [3.63, 3.8) is 0 Å². The van der Waals surface area contributed by atoms with Gasteiger partial charge in [0.2, 0.25) is 0 Å². The summed E-state index contributed by atoms with van der Waals surface area (Å²) in [4.78, 5) is 0.452. The molecule has 0 heterocycles. The molecule has 1 saturated carbocycles. The molecular weight excluding hydrogens is 232 g/mol. The molecule has 1 fully saturated rings. The van der Waals surface area contributed by atoms with Crippen LogP contribution in [0.15, 0.2) is 29.2 Å². The van der Waals surface area contributed by atoms with Crippen molar-refractivity contribution in [1.82, 2.24) is 0 Å². The molecule has 1 aromatic carbocycles. The van der Waals surface area contributed by atoms with Crippen molar-refractivity contribution in [2.45, 2.75) is 43.4 Å². The maximum absolute atomic E-state index is 11.5. The molecule has 0 amide bonds. The predicted molar refractivity (Wildman–Crippen MR) is 69.9 cm³/mol. The summed E-state index contributed by atoms with van der Waals surface area (Å²) in [6, 6.07) is 7.47. The third-order valence-corrected chi connectivity index (χ3v) is 4.88. The number of hydrogen-bond acceptors (Lipinski definition) is 2. The van der Waals surface area contributed by atoms with Gasteiger partial charge in [0.1, 0.15) is 0 Å². The fraction of sp³-hybridized carbons (Fsp3) is 0.571. The zero-order chi connectivity index (χ0) is 12.5. The van der Waals surface area contributed by atoms with Crippen LogP contribution in [-0.4, -0.2) is 14.7 Å². The highest BCUT2D eigenvalue weighted by Crippen LogP contribution is 2.35. The lowest BCUT2D eigenvalue weighted by Crippen LogP contribution is -2.11. The molecule has 0 bridgehead atoms. The highest BCUT2D eigenvalue weighted by molar-refractivity contribution is 7.90. The molecule has 0 spiro atoms. The van der Waals surface area contributed by atoms with E-state index in [0.29, 0.717) is 10.8 Å². The van der Waals surface area contributed by atoms with Gasteiger partial charge in [0.25, 0.3) is 0 Å². The van der Waals surface area contributed by atoms with Gasteiger partial charge in [-0.15, -0.1) is 0 Å². The van der Waals surface area contributed by atoms with Crippen molar-refractivity contribution in [1.29, 1.82) is 0 Å². The normalized spacial score (nSPS) is 25.8. The average Bonchev–Trinajstić information content (AvgIpc) is 2.29. The summed E-state index contributed by atoms with van der Waals surface area (Å²) in [5, 5.41) is 0. The minimum atomic E-state index is -3.07. The van der Waals surface area contributed by atoms with E-state index in [1.165, 1.54) is 37.5 Å². The Morgan fingerprint density at radius 3 is 2.35 bits per heavy atom. The van der Waals surface area contributed by atoms with E-state index in [2.05, 4.69) is 13.0 Å². The maximum atomic E-state index is 11.5. The monoisotopic (exact) mass is 252 g/mol. The van der Waals surface area contributed by atoms with Crippen molar-refractivity contribution in [3.8, 4) is 0 Å². The minimum Gasteiger partial charge on any atom is -0.224 e. The molecule has 0 unspecified atom stereocenters. The quantitative estimate of drug-likeness (QED) is 0.808. The summed E-state index contributed by atoms with van der Waals surface area (Å²) >= 11 is 0. The second-order valence-electron chi connectivity index (χ2n) is 5.30. The molecule has 1 aromatic rings. The molecule has 1 aliphatic rings. The second-order valence-corrected chi connectivity index (χ2v) is 7.32. The summed E-state index contributed by atoms with van der Waals surface area (Å²) in [5.74, 6) is 1.37. The van der Waals surface area contributed by atoms with Crippen LogP contribution in [0.5, 0.6) is 0 Å². The lowest BCUT2D eigenvalue weighted by molar-refractivity contribution is 0.347. The van der Waals surface area contributed by atoms with Gasteiger partial charge < -0.3 is 0 Å². The Morgan fingerprint density at radius 2 is 1.76 bits per heavy atom. The smallest absolute Gasteiger partial charge is 0.175 e. The van der Waals surface area contributed by atoms with Crippen LogP contribution in [0.2, 0.25) is 0 Å². The topological polar surface area (TPSA) is 34.1 Å². The first-order valence-electron chi connectivity index (χ1n) is 6.27. The Balaban J connectivity index is 2.22. The van der Waals surface area contributed by atoms with Crippen LogP contribution in [0.4, 0.5) is 0 Å². The zero-order valence-corrected chi connectivity index (χ0v) is 11.3. The van der Waals surface area contributed by atoms with E-state index < -0.39 is 9.84 Å². The standard InChI is InChI=1S/C14H20O2S/c1-11-6-8-12(9-7-11)13-4-3-5-14(10-13)17(2,15)16/h3-5,10-12H,6-9H2,1-2H3. The molecule has 0 atom stereocenters. The van der Waals surface area contributed by atoms with Gasteiger partial charge in [0, 0.05) is 6.26 Å². The van der Waals surface area contributed by atoms with Crippen LogP contribution >= 0.6 is 0 Å². The lowest BCUT2D eigenvalue weighted by Gasteiger charge is -2.26. The van der Waals surface area contributed by atoms with Gasteiger partial charge in [-0.25, -0.2) is 8.42 Å². The molecule has 2 nitrogen and oxygen atoms in total. The van der Waals surface area contributed by atoms with Gasteiger partial charge in [-0.05, 0) is 42.4 Å². The van der Waals surface area contributed by atoms with Gasteiger partial charge in [0.05, 0.1) is 4.90 Å². The summed E-state index contributed by atoms with van der Waals surface area (Å²) in [5.41, 5.74) is 1.19. The first kappa shape index (κ1) is 12.6. The second kappa shape index (κ2) is 4.81. The van der Waals surface area contributed by atoms with Crippen LogP contribution < -0.4 is 0 Å². The molecular formula is C14H20O2S. The molecule has 1 aliphatic carbocycles. The Kier molecular flexibility index (Phi) is 3.57. The fourth-order valence-corrected chi connectivity index (χ4v) is 3.27. The van der Waals surface area contributed by atoms with Crippen LogP contribution in [-0.2, 0) is 9.84 Å². The molecule has 0 radical (unpaired) electrons. The molecule has 17 heavy (non-hydrogen) atoms. The molecule has 0 aromatic heterocycles. The van der Waals surface area contributed by atoms with E-state index >= 15 is 0 Å². The van der Waals surface area contributed by atoms with Gasteiger partial charge in [0.15, 0.2) is 9.84 Å². The van der Waals surface area contributed by atoms with E-state index in [-0.39, 0.29) is 0 Å². The maximum Gasteiger partial charge on any atom is 0.175 e. The third-order valence-electron chi connectivity index (χ3n) is 3.77. The Hall–Kier alpha value is -0.830. The van der Waals surface area contributed by atoms with E-state index in [4.69, 9.17) is 0 Å². The molecule has 94 valence electrons. The summed E-state index contributed by atoms with van der Waals surface area (Å²) in [6.07, 6.45) is 6.17. The molecule has 3 heteroatoms. The summed E-state index contributed by atoms with van der Waals surface area (Å²) < 4.78 is 23.0. The van der Waals surface area contributed by atoms with Gasteiger partial charge in [-0.1, -0.05) is 31.9 Å². The molecule has 2 rings (SSSR count). The van der Waals surface area contributed by atoms with E-state index in [1.807, 2.05) is 12.1 Å². The zero-order valence-electron chi connectivity index (χ0n) is 10.5. The SMILES string of the molecule is CC1CCC(c2cccc(S(C)(=O)=O)c2)CC1. The summed E-state index contributed by atoms with van der Waals surface area (Å²) in [6.45, 7) is 2.29. The van der Waals surface area contributed by atoms with Crippen molar-refractivity contribution in [3.05, 3.63) is 29.8 Å². The fourth-order valence-electron chi connectivity index (χ4n) is 2.59. The minimum absolute atomic E-state index is 0.452. The van der Waals surface area contributed by atoms with Crippen molar-refractivity contribution in [2.24, 2.45) is 5.92 Å². The van der Waals surface area contributed by atoms with Crippen LogP contribution in [0.1, 0.15) is 44.1 Å². The molecule has 0 aliphatic heterocycles. The molecule has 0 N–H and O–H groups in total. The number of sulfone groups is 1. The van der Waals surface area contributed by atoms with E-state index in [9.17, 15) is 8.42 Å². The largest absolute Gasteiger partial charge is 0.224 e. The van der Waals surface area contributed by atoms with Crippen LogP contribution in [0, 0.1) is 5.92 Å². The Labute approximate surface area is 104 Å². The molecule has 0 saturated heterocycles. The first-order valence-corrected chi connectivity index (χ1v) is 8.16. The van der Waals surface area contributed by atoms with Gasteiger partial charge in [-0.3, -0.25) is 0 Å². The Morgan fingerprint density at radius 1 is 1.12 bits per heavy atom. The Bertz CT molecular complexity index is 483. The van der Waals surface area contributed by atoms with Crippen molar-refractivity contribution < 1.29 is 8.42 Å². The highest BCUT2D eigenvalue weighted by Gasteiger charge is 2.20. The number of hydrogen-bond donors (Lipinski definition) is 0. The predicted octanol–water partition coefficient (Wildman–Crippen LogP) is 3.38. The highest BCUT2D eigenvalue weighted by atomic mass is 32.2. The summed E-state index contributed by atoms with van der Waals surface area (Å²) in [7, 11) is -3.07. The van der Waals surface area contributed by atoms with E-state index in [0.717, 1.165) is 5.92 Å². The lowest BCUT2D eigenvalue weighted by atomic mass is 9.79. The number of benzene rings is 1. The van der Waals surface area contributed by atoms with Crippen LogP contribution in [0.25, 0.3) is 0 Å². The van der Waals surface area contributed by atoms with Crippen molar-refractivity contribution >= 4 is 9.84 Å². The third kappa shape index (κ3) is 3.09.